The Kier molecular flexibility index (Phi) is 2.99. The summed E-state index contributed by atoms with van der Waals surface area (Å²) in [7, 11) is 0. The lowest BCUT2D eigenvalue weighted by molar-refractivity contribution is 0.852. The molecule has 5 nitrogen and oxygen atoms in total. The molecule has 0 spiro atoms. The van der Waals surface area contributed by atoms with Crippen LogP contribution in [0, 0.1) is 11.3 Å². The van der Waals surface area contributed by atoms with Crippen molar-refractivity contribution in [3.8, 4) is 17.3 Å². The minimum atomic E-state index is 0.319. The summed E-state index contributed by atoms with van der Waals surface area (Å²) in [6.45, 7) is 0.803. The number of rotatable bonds is 3. The Morgan fingerprint density at radius 1 is 1.18 bits per heavy atom. The van der Waals surface area contributed by atoms with Crippen LogP contribution in [0.25, 0.3) is 22.2 Å². The van der Waals surface area contributed by atoms with Gasteiger partial charge in [0, 0.05) is 27.5 Å². The molecule has 1 N–H and O–H groups in total. The molecule has 0 saturated carbocycles. The van der Waals surface area contributed by atoms with Crippen LogP contribution in [0.1, 0.15) is 10.6 Å². The Bertz CT molecular complexity index is 972. The number of para-hydroxylation sites is 1. The van der Waals surface area contributed by atoms with E-state index in [-0.39, 0.29) is 0 Å². The van der Waals surface area contributed by atoms with E-state index in [1.165, 1.54) is 4.88 Å². The number of aromatic nitrogens is 4. The Labute approximate surface area is 130 Å². The number of hydrogen-bond acceptors (Lipinski definition) is 4. The highest BCUT2D eigenvalue weighted by atomic mass is 32.1. The van der Waals surface area contributed by atoms with Crippen LogP contribution >= 0.6 is 11.3 Å². The van der Waals surface area contributed by atoms with Crippen molar-refractivity contribution < 1.29 is 0 Å². The molecular weight excluding hydrogens is 294 g/mol. The van der Waals surface area contributed by atoms with Gasteiger partial charge in [-0.25, -0.2) is 0 Å². The van der Waals surface area contributed by atoms with Gasteiger partial charge in [-0.1, -0.05) is 24.3 Å². The normalized spacial score (nSPS) is 10.9. The summed E-state index contributed by atoms with van der Waals surface area (Å²) in [6.07, 6.45) is 2.04. The second-order valence-electron chi connectivity index (χ2n) is 4.90. The average Bonchev–Trinajstić information content (AvgIpc) is 3.27. The zero-order valence-electron chi connectivity index (χ0n) is 11.5. The molecule has 4 aromatic rings. The number of nitrogens with zero attached hydrogens (tertiary/aromatic N) is 4. The summed E-state index contributed by atoms with van der Waals surface area (Å²) < 4.78 is 2.19. The fourth-order valence-corrected chi connectivity index (χ4v) is 3.34. The monoisotopic (exact) mass is 305 g/mol. The molecule has 0 saturated heterocycles. The van der Waals surface area contributed by atoms with Gasteiger partial charge < -0.3 is 4.57 Å². The Balaban J connectivity index is 1.91. The van der Waals surface area contributed by atoms with Crippen molar-refractivity contribution in [2.45, 2.75) is 6.54 Å². The molecule has 0 aliphatic carbocycles. The minimum Gasteiger partial charge on any atom is -0.342 e. The standard InChI is InChI=1S/C16H11N5S/c17-8-14-16(19-20-18-14)13-10-21(9-11-4-3-7-22-11)15-6-2-1-5-12(13)15/h1-7,10H,9H2,(H,18,19,20). The first-order chi connectivity index (χ1) is 10.9. The molecule has 3 heterocycles. The molecule has 22 heavy (non-hydrogen) atoms. The summed E-state index contributed by atoms with van der Waals surface area (Å²) in [5.41, 5.74) is 2.97. The molecule has 4 rings (SSSR count). The van der Waals surface area contributed by atoms with Crippen LogP contribution in [-0.4, -0.2) is 20.0 Å². The summed E-state index contributed by atoms with van der Waals surface area (Å²) in [5, 5.41) is 22.9. The lowest BCUT2D eigenvalue weighted by Gasteiger charge is -2.02. The van der Waals surface area contributed by atoms with Crippen molar-refractivity contribution in [1.82, 2.24) is 20.0 Å². The molecule has 0 amide bonds. The van der Waals surface area contributed by atoms with Crippen LogP contribution in [-0.2, 0) is 6.54 Å². The highest BCUT2D eigenvalue weighted by Crippen LogP contribution is 2.31. The van der Waals surface area contributed by atoms with Gasteiger partial charge in [-0.2, -0.15) is 15.6 Å². The average molecular weight is 305 g/mol. The van der Waals surface area contributed by atoms with Crippen LogP contribution in [0.5, 0.6) is 0 Å². The molecule has 0 aliphatic rings. The van der Waals surface area contributed by atoms with E-state index in [1.807, 2.05) is 24.4 Å². The van der Waals surface area contributed by atoms with Crippen LogP contribution < -0.4 is 0 Å². The van der Waals surface area contributed by atoms with Crippen LogP contribution in [0.2, 0.25) is 0 Å². The number of hydrogen-bond donors (Lipinski definition) is 1. The minimum absolute atomic E-state index is 0.319. The van der Waals surface area contributed by atoms with Crippen LogP contribution in [0.4, 0.5) is 0 Å². The maximum Gasteiger partial charge on any atom is 0.190 e. The smallest absolute Gasteiger partial charge is 0.190 e. The fraction of sp³-hybridized carbons (Fsp3) is 0.0625. The third kappa shape index (κ3) is 2.00. The predicted molar refractivity (Wildman–Crippen MR) is 85.5 cm³/mol. The van der Waals surface area contributed by atoms with E-state index in [2.05, 4.69) is 49.6 Å². The number of H-pyrrole nitrogens is 1. The molecular formula is C16H11N5S. The van der Waals surface area contributed by atoms with Gasteiger partial charge in [0.1, 0.15) is 11.8 Å². The number of benzene rings is 1. The van der Waals surface area contributed by atoms with Gasteiger partial charge in [-0.15, -0.1) is 16.4 Å². The van der Waals surface area contributed by atoms with Crippen molar-refractivity contribution in [2.24, 2.45) is 0 Å². The number of nitrogens with one attached hydrogen (secondary N) is 1. The van der Waals surface area contributed by atoms with Gasteiger partial charge >= 0.3 is 0 Å². The quantitative estimate of drug-likeness (QED) is 0.630. The second kappa shape index (κ2) is 5.13. The van der Waals surface area contributed by atoms with Gasteiger partial charge in [0.25, 0.3) is 0 Å². The van der Waals surface area contributed by atoms with Crippen molar-refractivity contribution in [3.63, 3.8) is 0 Å². The van der Waals surface area contributed by atoms with Crippen LogP contribution in [0.3, 0.4) is 0 Å². The van der Waals surface area contributed by atoms with Gasteiger partial charge in [0.15, 0.2) is 5.69 Å². The molecule has 0 unspecified atom stereocenters. The first-order valence-corrected chi connectivity index (χ1v) is 7.66. The van der Waals surface area contributed by atoms with Crippen molar-refractivity contribution in [2.75, 3.05) is 0 Å². The van der Waals surface area contributed by atoms with E-state index >= 15 is 0 Å². The third-order valence-corrected chi connectivity index (χ3v) is 4.46. The van der Waals surface area contributed by atoms with E-state index in [0.29, 0.717) is 11.4 Å². The van der Waals surface area contributed by atoms with E-state index < -0.39 is 0 Å². The van der Waals surface area contributed by atoms with Gasteiger partial charge in [0.2, 0.25) is 0 Å². The summed E-state index contributed by atoms with van der Waals surface area (Å²) >= 11 is 1.73. The summed E-state index contributed by atoms with van der Waals surface area (Å²) in [6, 6.07) is 14.4. The molecule has 0 aliphatic heterocycles. The largest absolute Gasteiger partial charge is 0.342 e. The highest BCUT2D eigenvalue weighted by Gasteiger charge is 2.16. The number of aromatic amines is 1. The molecule has 6 heteroatoms. The van der Waals surface area contributed by atoms with Gasteiger partial charge in [0.05, 0.1) is 6.54 Å². The third-order valence-electron chi connectivity index (χ3n) is 3.60. The fourth-order valence-electron chi connectivity index (χ4n) is 2.63. The Morgan fingerprint density at radius 3 is 2.91 bits per heavy atom. The highest BCUT2D eigenvalue weighted by molar-refractivity contribution is 7.09. The zero-order chi connectivity index (χ0) is 14.9. The predicted octanol–water partition coefficient (Wildman–Crippen LogP) is 3.41. The van der Waals surface area contributed by atoms with E-state index in [1.54, 1.807) is 11.3 Å². The maximum atomic E-state index is 9.18. The topological polar surface area (TPSA) is 70.3 Å². The van der Waals surface area contributed by atoms with Crippen LogP contribution in [0.15, 0.2) is 48.0 Å². The molecule has 0 atom stereocenters. The number of fused-ring (bicyclic) bond motifs is 1. The SMILES string of the molecule is N#Cc1n[nH]nc1-c1cn(Cc2cccs2)c2ccccc12. The van der Waals surface area contributed by atoms with Crippen molar-refractivity contribution >= 4 is 22.2 Å². The second-order valence-corrected chi connectivity index (χ2v) is 5.93. The van der Waals surface area contributed by atoms with Gasteiger partial charge in [-0.05, 0) is 17.5 Å². The molecule has 0 radical (unpaired) electrons. The van der Waals surface area contributed by atoms with Gasteiger partial charge in [-0.3, -0.25) is 0 Å². The number of thiophene rings is 1. The molecule has 0 bridgehead atoms. The van der Waals surface area contributed by atoms with E-state index in [0.717, 1.165) is 23.0 Å². The lowest BCUT2D eigenvalue weighted by Crippen LogP contribution is -1.95. The summed E-state index contributed by atoms with van der Waals surface area (Å²) in [4.78, 5) is 1.29. The molecule has 106 valence electrons. The number of nitriles is 1. The first kappa shape index (κ1) is 12.8. The Morgan fingerprint density at radius 2 is 2.09 bits per heavy atom. The van der Waals surface area contributed by atoms with Crippen molar-refractivity contribution in [1.29, 1.82) is 5.26 Å². The maximum absolute atomic E-state index is 9.18. The lowest BCUT2D eigenvalue weighted by atomic mass is 10.1. The molecule has 0 fully saturated rings. The zero-order valence-corrected chi connectivity index (χ0v) is 12.3. The van der Waals surface area contributed by atoms with E-state index in [4.69, 9.17) is 0 Å². The van der Waals surface area contributed by atoms with Crippen molar-refractivity contribution in [3.05, 3.63) is 58.5 Å². The van der Waals surface area contributed by atoms with E-state index in [9.17, 15) is 5.26 Å². The first-order valence-electron chi connectivity index (χ1n) is 6.78. The molecule has 3 aromatic heterocycles. The summed E-state index contributed by atoms with van der Waals surface area (Å²) in [5.74, 6) is 0. The Hall–Kier alpha value is -2.91. The molecule has 1 aromatic carbocycles.